The predicted octanol–water partition coefficient (Wildman–Crippen LogP) is 2.66. The minimum atomic E-state index is -0.338. The van der Waals surface area contributed by atoms with E-state index in [9.17, 15) is 9.18 Å². The van der Waals surface area contributed by atoms with Crippen molar-refractivity contribution in [3.63, 3.8) is 0 Å². The maximum Gasteiger partial charge on any atom is 0.226 e. The molecule has 1 aromatic heterocycles. The number of likely N-dealkylation sites (N-methyl/N-ethyl adjacent to an activating group) is 1. The summed E-state index contributed by atoms with van der Waals surface area (Å²) in [6, 6.07) is 10.0. The van der Waals surface area contributed by atoms with Crippen LogP contribution in [0.1, 0.15) is 11.3 Å². The van der Waals surface area contributed by atoms with Crippen LogP contribution in [0.4, 0.5) is 4.39 Å². The summed E-state index contributed by atoms with van der Waals surface area (Å²) in [5, 5.41) is 0. The van der Waals surface area contributed by atoms with Gasteiger partial charge in [0, 0.05) is 20.0 Å². The van der Waals surface area contributed by atoms with Crippen LogP contribution in [0.25, 0.3) is 0 Å². The van der Waals surface area contributed by atoms with E-state index in [1.165, 1.54) is 6.07 Å². The standard InChI is InChI=1S/C15H16FNO2/c1-17(9-8-13-6-4-10-19-13)15(18)11-12-5-2-3-7-14(12)16/h2-7,10H,8-9,11H2,1H3. The van der Waals surface area contributed by atoms with Crippen molar-refractivity contribution in [2.24, 2.45) is 0 Å². The molecule has 1 amide bonds. The highest BCUT2D eigenvalue weighted by atomic mass is 19.1. The summed E-state index contributed by atoms with van der Waals surface area (Å²) in [7, 11) is 1.71. The number of benzene rings is 1. The Morgan fingerprint density at radius 2 is 2.05 bits per heavy atom. The van der Waals surface area contributed by atoms with E-state index in [2.05, 4.69) is 0 Å². The number of halogens is 1. The number of furan rings is 1. The van der Waals surface area contributed by atoms with Crippen LogP contribution in [0, 0.1) is 5.82 Å². The molecule has 0 fully saturated rings. The van der Waals surface area contributed by atoms with E-state index in [0.717, 1.165) is 5.76 Å². The average Bonchev–Trinajstić information content (AvgIpc) is 2.91. The summed E-state index contributed by atoms with van der Waals surface area (Å²) in [6.45, 7) is 0.556. The first-order chi connectivity index (χ1) is 9.16. The summed E-state index contributed by atoms with van der Waals surface area (Å²) in [4.78, 5) is 13.5. The van der Waals surface area contributed by atoms with E-state index in [0.29, 0.717) is 18.5 Å². The predicted molar refractivity (Wildman–Crippen MR) is 70.2 cm³/mol. The van der Waals surface area contributed by atoms with Gasteiger partial charge in [0.2, 0.25) is 5.91 Å². The van der Waals surface area contributed by atoms with E-state index in [4.69, 9.17) is 4.42 Å². The molecule has 0 saturated heterocycles. The first-order valence-corrected chi connectivity index (χ1v) is 6.16. The van der Waals surface area contributed by atoms with Crippen LogP contribution in [-0.2, 0) is 17.6 Å². The van der Waals surface area contributed by atoms with Gasteiger partial charge in [-0.3, -0.25) is 4.79 Å². The SMILES string of the molecule is CN(CCc1ccco1)C(=O)Cc1ccccc1F. The molecule has 0 aliphatic rings. The quantitative estimate of drug-likeness (QED) is 0.829. The molecular weight excluding hydrogens is 245 g/mol. The number of amides is 1. The van der Waals surface area contributed by atoms with E-state index in [-0.39, 0.29) is 18.1 Å². The van der Waals surface area contributed by atoms with Gasteiger partial charge < -0.3 is 9.32 Å². The van der Waals surface area contributed by atoms with Crippen molar-refractivity contribution in [3.05, 3.63) is 59.8 Å². The maximum absolute atomic E-state index is 13.4. The van der Waals surface area contributed by atoms with Crippen molar-refractivity contribution in [3.8, 4) is 0 Å². The molecule has 1 heterocycles. The van der Waals surface area contributed by atoms with Crippen molar-refractivity contribution < 1.29 is 13.6 Å². The van der Waals surface area contributed by atoms with Gasteiger partial charge in [0.15, 0.2) is 0 Å². The van der Waals surface area contributed by atoms with E-state index in [1.807, 2.05) is 12.1 Å². The molecule has 0 radical (unpaired) electrons. The Kier molecular flexibility index (Phi) is 4.34. The molecular formula is C15H16FNO2. The third kappa shape index (κ3) is 3.68. The fourth-order valence-electron chi connectivity index (χ4n) is 1.80. The average molecular weight is 261 g/mol. The smallest absolute Gasteiger partial charge is 0.226 e. The molecule has 0 unspecified atom stereocenters. The first kappa shape index (κ1) is 13.3. The second-order valence-corrected chi connectivity index (χ2v) is 4.41. The largest absolute Gasteiger partial charge is 0.469 e. The molecule has 0 saturated carbocycles. The molecule has 0 aliphatic heterocycles. The second-order valence-electron chi connectivity index (χ2n) is 4.41. The Bertz CT molecular complexity index is 537. The lowest BCUT2D eigenvalue weighted by Gasteiger charge is -2.16. The van der Waals surface area contributed by atoms with Crippen LogP contribution < -0.4 is 0 Å². The minimum absolute atomic E-state index is 0.0847. The highest BCUT2D eigenvalue weighted by Gasteiger charge is 2.12. The fourth-order valence-corrected chi connectivity index (χ4v) is 1.80. The van der Waals surface area contributed by atoms with Gasteiger partial charge in [0.05, 0.1) is 12.7 Å². The molecule has 0 aliphatic carbocycles. The fraction of sp³-hybridized carbons (Fsp3) is 0.267. The number of carbonyl (C=O) groups is 1. The van der Waals surface area contributed by atoms with Gasteiger partial charge in [0.1, 0.15) is 11.6 Å². The zero-order chi connectivity index (χ0) is 13.7. The van der Waals surface area contributed by atoms with Gasteiger partial charge in [-0.05, 0) is 23.8 Å². The van der Waals surface area contributed by atoms with Crippen molar-refractivity contribution in [2.75, 3.05) is 13.6 Å². The van der Waals surface area contributed by atoms with Crippen LogP contribution in [0.15, 0.2) is 47.1 Å². The number of carbonyl (C=O) groups excluding carboxylic acids is 1. The minimum Gasteiger partial charge on any atom is -0.469 e. The lowest BCUT2D eigenvalue weighted by molar-refractivity contribution is -0.129. The molecule has 2 rings (SSSR count). The zero-order valence-electron chi connectivity index (χ0n) is 10.8. The topological polar surface area (TPSA) is 33.5 Å². The number of hydrogen-bond donors (Lipinski definition) is 0. The third-order valence-electron chi connectivity index (χ3n) is 3.00. The Labute approximate surface area is 111 Å². The third-order valence-corrected chi connectivity index (χ3v) is 3.00. The number of hydrogen-bond acceptors (Lipinski definition) is 2. The normalized spacial score (nSPS) is 10.4. The molecule has 2 aromatic rings. The lowest BCUT2D eigenvalue weighted by atomic mass is 10.1. The molecule has 0 N–H and O–H groups in total. The Hall–Kier alpha value is -2.10. The Balaban J connectivity index is 1.87. The van der Waals surface area contributed by atoms with E-state index < -0.39 is 0 Å². The molecule has 1 aromatic carbocycles. The van der Waals surface area contributed by atoms with Gasteiger partial charge in [-0.2, -0.15) is 0 Å². The molecule has 100 valence electrons. The molecule has 0 atom stereocenters. The van der Waals surface area contributed by atoms with E-state index >= 15 is 0 Å². The number of rotatable bonds is 5. The molecule has 0 spiro atoms. The molecule has 19 heavy (non-hydrogen) atoms. The monoisotopic (exact) mass is 261 g/mol. The van der Waals surface area contributed by atoms with Crippen LogP contribution in [0.2, 0.25) is 0 Å². The number of nitrogens with zero attached hydrogens (tertiary/aromatic N) is 1. The van der Waals surface area contributed by atoms with Gasteiger partial charge in [-0.1, -0.05) is 18.2 Å². The van der Waals surface area contributed by atoms with Gasteiger partial charge in [0.25, 0.3) is 0 Å². The Morgan fingerprint density at radius 3 is 2.74 bits per heavy atom. The van der Waals surface area contributed by atoms with Crippen LogP contribution in [0.3, 0.4) is 0 Å². The van der Waals surface area contributed by atoms with Crippen molar-refractivity contribution in [2.45, 2.75) is 12.8 Å². The summed E-state index contributed by atoms with van der Waals surface area (Å²) in [5.74, 6) is 0.400. The Morgan fingerprint density at radius 1 is 1.26 bits per heavy atom. The highest BCUT2D eigenvalue weighted by Crippen LogP contribution is 2.09. The molecule has 3 nitrogen and oxygen atoms in total. The maximum atomic E-state index is 13.4. The first-order valence-electron chi connectivity index (χ1n) is 6.16. The summed E-state index contributed by atoms with van der Waals surface area (Å²) < 4.78 is 18.6. The highest BCUT2D eigenvalue weighted by molar-refractivity contribution is 5.78. The van der Waals surface area contributed by atoms with E-state index in [1.54, 1.807) is 36.4 Å². The van der Waals surface area contributed by atoms with Crippen LogP contribution in [-0.4, -0.2) is 24.4 Å². The van der Waals surface area contributed by atoms with Crippen LogP contribution in [0.5, 0.6) is 0 Å². The summed E-state index contributed by atoms with van der Waals surface area (Å²) in [5.41, 5.74) is 0.428. The van der Waals surface area contributed by atoms with Gasteiger partial charge in [-0.25, -0.2) is 4.39 Å². The summed E-state index contributed by atoms with van der Waals surface area (Å²) >= 11 is 0. The second kappa shape index (κ2) is 6.18. The summed E-state index contributed by atoms with van der Waals surface area (Å²) in [6.07, 6.45) is 2.35. The zero-order valence-corrected chi connectivity index (χ0v) is 10.8. The van der Waals surface area contributed by atoms with Crippen LogP contribution >= 0.6 is 0 Å². The van der Waals surface area contributed by atoms with Gasteiger partial charge in [-0.15, -0.1) is 0 Å². The van der Waals surface area contributed by atoms with Crippen molar-refractivity contribution >= 4 is 5.91 Å². The molecule has 0 bridgehead atoms. The lowest BCUT2D eigenvalue weighted by Crippen LogP contribution is -2.30. The van der Waals surface area contributed by atoms with Crippen molar-refractivity contribution in [1.82, 2.24) is 4.90 Å². The molecule has 4 heteroatoms. The van der Waals surface area contributed by atoms with Crippen molar-refractivity contribution in [1.29, 1.82) is 0 Å². The van der Waals surface area contributed by atoms with Gasteiger partial charge >= 0.3 is 0 Å².